The van der Waals surface area contributed by atoms with Crippen molar-refractivity contribution >= 4 is 35.8 Å². The highest BCUT2D eigenvalue weighted by Crippen LogP contribution is 2.29. The minimum absolute atomic E-state index is 0.131. The minimum Gasteiger partial charge on any atom is -0.310 e. The van der Waals surface area contributed by atoms with Crippen LogP contribution in [0.25, 0.3) is 0 Å². The largest absolute Gasteiger partial charge is 0.310 e. The van der Waals surface area contributed by atoms with Crippen LogP contribution >= 0.6 is 24.2 Å². The van der Waals surface area contributed by atoms with Crippen molar-refractivity contribution in [2.75, 3.05) is 17.2 Å². The molecule has 2 heterocycles. The molecule has 1 aromatic rings. The first-order valence-corrected chi connectivity index (χ1v) is 6.16. The molecule has 1 amide bonds. The average Bonchev–Trinajstić information content (AvgIpc) is 2.63. The van der Waals surface area contributed by atoms with E-state index in [1.807, 2.05) is 6.92 Å². The fourth-order valence-electron chi connectivity index (χ4n) is 1.91. The molecular weight excluding hydrogens is 244 g/mol. The van der Waals surface area contributed by atoms with Gasteiger partial charge in [0.2, 0.25) is 5.91 Å². The van der Waals surface area contributed by atoms with E-state index in [0.717, 1.165) is 17.1 Å². The summed E-state index contributed by atoms with van der Waals surface area (Å²) in [5.41, 5.74) is 1.65. The highest BCUT2D eigenvalue weighted by molar-refractivity contribution is 7.80. The normalized spacial score (nSPS) is 20.6. The van der Waals surface area contributed by atoms with Crippen molar-refractivity contribution in [1.29, 1.82) is 0 Å². The predicted octanol–water partition coefficient (Wildman–Crippen LogP) is 2.33. The van der Waals surface area contributed by atoms with Gasteiger partial charge in [-0.05, 0) is 24.7 Å². The van der Waals surface area contributed by atoms with Gasteiger partial charge in [0.25, 0.3) is 0 Å². The van der Waals surface area contributed by atoms with Crippen molar-refractivity contribution in [2.45, 2.75) is 13.3 Å². The maximum Gasteiger partial charge on any atom is 0.227 e. The molecule has 2 rings (SSSR count). The molecule has 0 bridgehead atoms. The molecule has 1 aliphatic rings. The van der Waals surface area contributed by atoms with Gasteiger partial charge in [-0.15, -0.1) is 0 Å². The van der Waals surface area contributed by atoms with E-state index in [1.54, 1.807) is 17.2 Å². The fraction of sp³-hybridized carbons (Fsp3) is 0.455. The lowest BCUT2D eigenvalue weighted by Gasteiger charge is -2.18. The summed E-state index contributed by atoms with van der Waals surface area (Å²) in [6, 6.07) is 1.79. The minimum atomic E-state index is 0.131. The summed E-state index contributed by atoms with van der Waals surface area (Å²) in [5.74, 6) is 1.19. The van der Waals surface area contributed by atoms with Gasteiger partial charge < -0.3 is 4.90 Å². The van der Waals surface area contributed by atoms with Gasteiger partial charge in [0.15, 0.2) is 0 Å². The van der Waals surface area contributed by atoms with E-state index < -0.39 is 0 Å². The van der Waals surface area contributed by atoms with Crippen molar-refractivity contribution in [3.05, 3.63) is 23.0 Å². The van der Waals surface area contributed by atoms with Gasteiger partial charge in [0.1, 0.15) is 0 Å². The van der Waals surface area contributed by atoms with Crippen LogP contribution in [-0.4, -0.2) is 23.2 Å². The molecule has 0 aromatic carbocycles. The summed E-state index contributed by atoms with van der Waals surface area (Å²) >= 11 is 10.1. The van der Waals surface area contributed by atoms with Gasteiger partial charge in [0.05, 0.1) is 16.4 Å². The first-order chi connectivity index (χ1) is 7.61. The second-order valence-corrected chi connectivity index (χ2v) is 4.82. The summed E-state index contributed by atoms with van der Waals surface area (Å²) in [5, 5.41) is 0.558. The molecule has 16 heavy (non-hydrogen) atoms. The second kappa shape index (κ2) is 4.63. The monoisotopic (exact) mass is 256 g/mol. The topological polar surface area (TPSA) is 33.2 Å². The molecule has 1 atom stereocenters. The van der Waals surface area contributed by atoms with Crippen LogP contribution in [0.3, 0.4) is 0 Å². The summed E-state index contributed by atoms with van der Waals surface area (Å²) in [6.07, 6.45) is 2.16. The second-order valence-electron chi connectivity index (χ2n) is 4.02. The first kappa shape index (κ1) is 11.7. The van der Waals surface area contributed by atoms with Crippen molar-refractivity contribution in [2.24, 2.45) is 5.92 Å². The molecule has 5 heteroatoms. The molecule has 1 aliphatic heterocycles. The molecule has 1 saturated heterocycles. The van der Waals surface area contributed by atoms with Crippen LogP contribution in [0, 0.1) is 12.8 Å². The number of amides is 1. The molecule has 0 aliphatic carbocycles. The number of thiol groups is 1. The van der Waals surface area contributed by atoms with Gasteiger partial charge in [-0.2, -0.15) is 12.6 Å². The Kier molecular flexibility index (Phi) is 3.40. The van der Waals surface area contributed by atoms with Gasteiger partial charge in [-0.25, -0.2) is 0 Å². The molecule has 1 fully saturated rings. The van der Waals surface area contributed by atoms with E-state index in [2.05, 4.69) is 17.6 Å². The van der Waals surface area contributed by atoms with Crippen LogP contribution in [0.1, 0.15) is 12.1 Å². The zero-order chi connectivity index (χ0) is 11.7. The number of nitrogens with zero attached hydrogens (tertiary/aromatic N) is 2. The van der Waals surface area contributed by atoms with E-state index in [9.17, 15) is 4.79 Å². The van der Waals surface area contributed by atoms with Crippen LogP contribution < -0.4 is 4.90 Å². The predicted molar refractivity (Wildman–Crippen MR) is 68.3 cm³/mol. The van der Waals surface area contributed by atoms with E-state index >= 15 is 0 Å². The first-order valence-electron chi connectivity index (χ1n) is 5.15. The van der Waals surface area contributed by atoms with Gasteiger partial charge >= 0.3 is 0 Å². The highest BCUT2D eigenvalue weighted by Gasteiger charge is 2.30. The van der Waals surface area contributed by atoms with Crippen LogP contribution in [0.15, 0.2) is 12.3 Å². The molecule has 0 radical (unpaired) electrons. The SMILES string of the molecule is Cc1ncc(Cl)cc1N1CC(CS)CC1=O. The highest BCUT2D eigenvalue weighted by atomic mass is 35.5. The molecule has 1 aromatic heterocycles. The third kappa shape index (κ3) is 2.18. The summed E-state index contributed by atoms with van der Waals surface area (Å²) in [7, 11) is 0. The molecule has 0 N–H and O–H groups in total. The number of aromatic nitrogens is 1. The van der Waals surface area contributed by atoms with Gasteiger partial charge in [0, 0.05) is 19.2 Å². The van der Waals surface area contributed by atoms with Crippen LogP contribution in [0.2, 0.25) is 5.02 Å². The molecule has 3 nitrogen and oxygen atoms in total. The Morgan fingerprint density at radius 1 is 1.69 bits per heavy atom. The molecule has 86 valence electrons. The Labute approximate surface area is 105 Å². The quantitative estimate of drug-likeness (QED) is 0.824. The number of carbonyl (C=O) groups is 1. The molecule has 0 saturated carbocycles. The summed E-state index contributed by atoms with van der Waals surface area (Å²) in [4.78, 5) is 17.8. The Morgan fingerprint density at radius 3 is 3.06 bits per heavy atom. The Balaban J connectivity index is 2.30. The fourth-order valence-corrected chi connectivity index (χ4v) is 2.30. The average molecular weight is 257 g/mol. The Hall–Kier alpha value is -0.740. The van der Waals surface area contributed by atoms with Crippen molar-refractivity contribution in [3.63, 3.8) is 0 Å². The van der Waals surface area contributed by atoms with E-state index in [0.29, 0.717) is 23.9 Å². The molecule has 1 unspecified atom stereocenters. The van der Waals surface area contributed by atoms with Crippen molar-refractivity contribution in [3.8, 4) is 0 Å². The Morgan fingerprint density at radius 2 is 2.44 bits per heavy atom. The zero-order valence-electron chi connectivity index (χ0n) is 8.98. The maximum absolute atomic E-state index is 11.8. The van der Waals surface area contributed by atoms with Crippen LogP contribution in [0.4, 0.5) is 5.69 Å². The number of hydrogen-bond donors (Lipinski definition) is 1. The number of pyridine rings is 1. The third-order valence-electron chi connectivity index (χ3n) is 2.78. The lowest BCUT2D eigenvalue weighted by Crippen LogP contribution is -2.25. The van der Waals surface area contributed by atoms with Gasteiger partial charge in [-0.1, -0.05) is 11.6 Å². The molecule has 0 spiro atoms. The van der Waals surface area contributed by atoms with Gasteiger partial charge in [-0.3, -0.25) is 9.78 Å². The van der Waals surface area contributed by atoms with E-state index in [-0.39, 0.29) is 5.91 Å². The van der Waals surface area contributed by atoms with E-state index in [4.69, 9.17) is 11.6 Å². The maximum atomic E-state index is 11.8. The number of rotatable bonds is 2. The smallest absolute Gasteiger partial charge is 0.227 e. The lowest BCUT2D eigenvalue weighted by molar-refractivity contribution is -0.117. The lowest BCUT2D eigenvalue weighted by atomic mass is 10.1. The zero-order valence-corrected chi connectivity index (χ0v) is 10.6. The van der Waals surface area contributed by atoms with Crippen LogP contribution in [-0.2, 0) is 4.79 Å². The van der Waals surface area contributed by atoms with Crippen LogP contribution in [0.5, 0.6) is 0 Å². The summed E-state index contributed by atoms with van der Waals surface area (Å²) in [6.45, 7) is 2.60. The number of anilines is 1. The number of halogens is 1. The van der Waals surface area contributed by atoms with E-state index in [1.165, 1.54) is 0 Å². The number of aryl methyl sites for hydroxylation is 1. The standard InChI is InChI=1S/C11H13ClN2OS/c1-7-10(3-9(12)4-13-7)14-5-8(6-16)2-11(14)15/h3-4,8,16H,2,5-6H2,1H3. The van der Waals surface area contributed by atoms with Crippen molar-refractivity contribution < 1.29 is 4.79 Å². The third-order valence-corrected chi connectivity index (χ3v) is 3.50. The number of hydrogen-bond acceptors (Lipinski definition) is 3. The Bertz CT molecular complexity index is 424. The molecular formula is C11H13ClN2OS. The number of carbonyl (C=O) groups excluding carboxylic acids is 1. The summed E-state index contributed by atoms with van der Waals surface area (Å²) < 4.78 is 0. The van der Waals surface area contributed by atoms with Crippen molar-refractivity contribution in [1.82, 2.24) is 4.98 Å².